The summed E-state index contributed by atoms with van der Waals surface area (Å²) in [5.41, 5.74) is 10.2. The average Bonchev–Trinajstić information content (AvgIpc) is 3.82. The first kappa shape index (κ1) is 27.1. The smallest absolute Gasteiger partial charge is 0.211 e. The summed E-state index contributed by atoms with van der Waals surface area (Å²) in [6.07, 6.45) is 0. The zero-order chi connectivity index (χ0) is 32.6. The molecule has 5 heteroatoms. The molecule has 0 aliphatic carbocycles. The number of benzene rings is 7. The van der Waals surface area contributed by atoms with Crippen molar-refractivity contribution in [3.05, 3.63) is 163 Å². The Morgan fingerprint density at radius 2 is 1.20 bits per heavy atom. The number of hydrogen-bond donors (Lipinski definition) is 0. The highest BCUT2D eigenvalue weighted by Crippen LogP contribution is 2.44. The molecule has 7 aromatic carbocycles. The van der Waals surface area contributed by atoms with Gasteiger partial charge in [-0.05, 0) is 65.7 Å². The topological polar surface area (TPSA) is 51.1 Å². The van der Waals surface area contributed by atoms with Crippen LogP contribution in [0.2, 0.25) is 0 Å². The SMILES string of the molecule is [C-]#[N+]c1cccc(-c2cc(C#N)cc(-n3c4ccccc4c4ccc5oc6ccccc6c5c43)c2)c1-n1c2ccccc2c2ccccc21. The van der Waals surface area contributed by atoms with E-state index in [0.29, 0.717) is 11.3 Å². The molecule has 0 atom stereocenters. The van der Waals surface area contributed by atoms with Gasteiger partial charge in [0.05, 0.1) is 51.3 Å². The number of nitriles is 1. The maximum Gasteiger partial charge on any atom is 0.211 e. The van der Waals surface area contributed by atoms with E-state index in [1.54, 1.807) is 0 Å². The van der Waals surface area contributed by atoms with Crippen molar-refractivity contribution in [3.63, 3.8) is 0 Å². The molecule has 226 valence electrons. The van der Waals surface area contributed by atoms with Crippen LogP contribution >= 0.6 is 0 Å². The van der Waals surface area contributed by atoms with Crippen LogP contribution in [0.4, 0.5) is 5.69 Å². The largest absolute Gasteiger partial charge is 0.456 e. The quantitative estimate of drug-likeness (QED) is 0.184. The first-order valence-corrected chi connectivity index (χ1v) is 16.1. The summed E-state index contributed by atoms with van der Waals surface area (Å²) in [4.78, 5) is 4.03. The van der Waals surface area contributed by atoms with Crippen molar-refractivity contribution in [2.45, 2.75) is 0 Å². The molecule has 5 nitrogen and oxygen atoms in total. The van der Waals surface area contributed by atoms with Gasteiger partial charge >= 0.3 is 0 Å². The standard InChI is InChI=1S/C44H24N4O/c1-46-36-16-10-15-30(43(36)48-38-18-7-2-11-31(38)32-12-3-8-19-39(32)48)28-23-27(26-45)24-29(25-28)47-37-17-6-4-13-33(37)34-21-22-41-42(44(34)47)35-14-5-9-20-40(35)49-41/h2-25H. The van der Waals surface area contributed by atoms with E-state index in [1.165, 1.54) is 0 Å². The molecule has 0 radical (unpaired) electrons. The van der Waals surface area contributed by atoms with Crippen LogP contribution in [0.5, 0.6) is 0 Å². The number of rotatable bonds is 3. The van der Waals surface area contributed by atoms with Crippen molar-refractivity contribution < 1.29 is 4.42 Å². The molecule has 10 aromatic rings. The van der Waals surface area contributed by atoms with Gasteiger partial charge in [-0.25, -0.2) is 4.85 Å². The molecule has 0 spiro atoms. The summed E-state index contributed by atoms with van der Waals surface area (Å²) in [5.74, 6) is 0. The monoisotopic (exact) mass is 624 g/mol. The van der Waals surface area contributed by atoms with Crippen LogP contribution in [0, 0.1) is 17.9 Å². The van der Waals surface area contributed by atoms with E-state index < -0.39 is 0 Å². The Bertz CT molecular complexity index is 3030. The van der Waals surface area contributed by atoms with Crippen molar-refractivity contribution in [3.8, 4) is 28.6 Å². The van der Waals surface area contributed by atoms with E-state index >= 15 is 0 Å². The Morgan fingerprint density at radius 1 is 0.571 bits per heavy atom. The molecule has 0 bridgehead atoms. The summed E-state index contributed by atoms with van der Waals surface area (Å²) < 4.78 is 10.8. The molecule has 0 aliphatic rings. The van der Waals surface area contributed by atoms with Crippen LogP contribution in [-0.2, 0) is 0 Å². The van der Waals surface area contributed by atoms with Gasteiger partial charge in [0, 0.05) is 32.6 Å². The molecule has 0 aliphatic heterocycles. The van der Waals surface area contributed by atoms with Gasteiger partial charge in [0.25, 0.3) is 0 Å². The highest BCUT2D eigenvalue weighted by atomic mass is 16.3. The van der Waals surface area contributed by atoms with Crippen molar-refractivity contribution in [1.29, 1.82) is 5.26 Å². The molecule has 0 amide bonds. The second-order valence-electron chi connectivity index (χ2n) is 12.3. The van der Waals surface area contributed by atoms with E-state index in [0.717, 1.165) is 88.1 Å². The van der Waals surface area contributed by atoms with Gasteiger partial charge in [-0.15, -0.1) is 0 Å². The zero-order valence-electron chi connectivity index (χ0n) is 26.1. The Morgan fingerprint density at radius 3 is 1.90 bits per heavy atom. The number of nitrogens with zero attached hydrogens (tertiary/aromatic N) is 4. The van der Waals surface area contributed by atoms with Crippen LogP contribution in [-0.4, -0.2) is 9.13 Å². The van der Waals surface area contributed by atoms with Gasteiger partial charge in [-0.1, -0.05) is 91.0 Å². The normalized spacial score (nSPS) is 11.6. The van der Waals surface area contributed by atoms with Crippen LogP contribution in [0.25, 0.3) is 92.9 Å². The van der Waals surface area contributed by atoms with Gasteiger partial charge in [0.15, 0.2) is 0 Å². The summed E-state index contributed by atoms with van der Waals surface area (Å²) in [6.45, 7) is 8.25. The van der Waals surface area contributed by atoms with Crippen LogP contribution in [0.3, 0.4) is 0 Å². The molecule has 0 saturated heterocycles. The van der Waals surface area contributed by atoms with Gasteiger partial charge in [0.1, 0.15) is 11.2 Å². The maximum absolute atomic E-state index is 10.4. The molecule has 0 fully saturated rings. The minimum atomic E-state index is 0.532. The minimum absolute atomic E-state index is 0.532. The van der Waals surface area contributed by atoms with Crippen molar-refractivity contribution in [2.75, 3.05) is 0 Å². The molecule has 3 aromatic heterocycles. The van der Waals surface area contributed by atoms with Crippen molar-refractivity contribution >= 4 is 71.2 Å². The number of furan rings is 1. The number of fused-ring (bicyclic) bond motifs is 10. The van der Waals surface area contributed by atoms with E-state index in [-0.39, 0.29) is 0 Å². The van der Waals surface area contributed by atoms with E-state index in [1.807, 2.05) is 54.6 Å². The first-order chi connectivity index (χ1) is 24.2. The van der Waals surface area contributed by atoms with E-state index in [2.05, 4.69) is 111 Å². The highest BCUT2D eigenvalue weighted by Gasteiger charge is 2.22. The van der Waals surface area contributed by atoms with Crippen LogP contribution in [0.15, 0.2) is 150 Å². The number of aromatic nitrogens is 2. The molecule has 0 N–H and O–H groups in total. The fraction of sp³-hybridized carbons (Fsp3) is 0. The Balaban J connectivity index is 1.33. The van der Waals surface area contributed by atoms with Gasteiger partial charge in [-0.3, -0.25) is 0 Å². The van der Waals surface area contributed by atoms with Gasteiger partial charge < -0.3 is 13.6 Å². The predicted octanol–water partition coefficient (Wildman–Crippen LogP) is 11.9. The molecular formula is C44H24N4O. The number of para-hydroxylation sites is 5. The molecule has 0 unspecified atom stereocenters. The zero-order valence-corrected chi connectivity index (χ0v) is 26.1. The summed E-state index contributed by atoms with van der Waals surface area (Å²) in [6, 6.07) is 51.7. The second kappa shape index (κ2) is 10.2. The lowest BCUT2D eigenvalue weighted by atomic mass is 9.99. The Hall–Kier alpha value is -7.08. The third kappa shape index (κ3) is 3.79. The third-order valence-electron chi connectivity index (χ3n) is 9.73. The third-order valence-corrected chi connectivity index (χ3v) is 9.73. The van der Waals surface area contributed by atoms with Crippen LogP contribution < -0.4 is 0 Å². The fourth-order valence-electron chi connectivity index (χ4n) is 7.75. The molecular weight excluding hydrogens is 601 g/mol. The minimum Gasteiger partial charge on any atom is -0.456 e. The van der Waals surface area contributed by atoms with E-state index in [4.69, 9.17) is 11.0 Å². The fourth-order valence-corrected chi connectivity index (χ4v) is 7.75. The molecule has 10 rings (SSSR count). The van der Waals surface area contributed by atoms with Gasteiger partial charge in [0.2, 0.25) is 5.69 Å². The second-order valence-corrected chi connectivity index (χ2v) is 12.3. The van der Waals surface area contributed by atoms with Crippen LogP contribution in [0.1, 0.15) is 5.56 Å². The van der Waals surface area contributed by atoms with Gasteiger partial charge in [-0.2, -0.15) is 5.26 Å². The lowest BCUT2D eigenvalue weighted by Gasteiger charge is -2.18. The van der Waals surface area contributed by atoms with Crippen molar-refractivity contribution in [2.24, 2.45) is 0 Å². The predicted molar refractivity (Wildman–Crippen MR) is 199 cm³/mol. The Labute approximate surface area is 280 Å². The summed E-state index contributed by atoms with van der Waals surface area (Å²) in [7, 11) is 0. The molecule has 49 heavy (non-hydrogen) atoms. The van der Waals surface area contributed by atoms with Crippen molar-refractivity contribution in [1.82, 2.24) is 9.13 Å². The lowest BCUT2D eigenvalue weighted by Crippen LogP contribution is -2.00. The van der Waals surface area contributed by atoms with E-state index in [9.17, 15) is 5.26 Å². The highest BCUT2D eigenvalue weighted by molar-refractivity contribution is 6.24. The maximum atomic E-state index is 10.4. The summed E-state index contributed by atoms with van der Waals surface area (Å²) in [5, 5.41) is 17.0. The molecule has 0 saturated carbocycles. The summed E-state index contributed by atoms with van der Waals surface area (Å²) >= 11 is 0. The first-order valence-electron chi connectivity index (χ1n) is 16.1. The average molecular weight is 625 g/mol. The Kier molecular flexibility index (Phi) is 5.64. The number of hydrogen-bond acceptors (Lipinski definition) is 2. The lowest BCUT2D eigenvalue weighted by molar-refractivity contribution is 0.669. The molecule has 3 heterocycles.